The number of hydrogen-bond acceptors (Lipinski definition) is 3. The summed E-state index contributed by atoms with van der Waals surface area (Å²) in [5.74, 6) is -0.654. The monoisotopic (exact) mass is 259 g/mol. The minimum Gasteiger partial charge on any atom is -0.481 e. The first-order valence-electron chi connectivity index (χ1n) is 6.16. The van der Waals surface area contributed by atoms with Crippen LogP contribution >= 0.6 is 0 Å². The fourth-order valence-electron chi connectivity index (χ4n) is 1.95. The molecule has 0 bridgehead atoms. The lowest BCUT2D eigenvalue weighted by molar-refractivity contribution is -0.138. The highest BCUT2D eigenvalue weighted by Gasteiger charge is 2.32. The molecule has 18 heavy (non-hydrogen) atoms. The predicted molar refractivity (Wildman–Crippen MR) is 69.5 cm³/mol. The standard InChI is InChI=1S/C13H25NO4/c1-9(2)7-13(6,8-10(15)16)14-11(17)18-12(3,4)5/h9H,7-8H2,1-6H3,(H,14,17)(H,15,16). The SMILES string of the molecule is CC(C)CC(C)(CC(=O)O)NC(=O)OC(C)(C)C. The van der Waals surface area contributed by atoms with Gasteiger partial charge in [-0.3, -0.25) is 4.79 Å². The number of carbonyl (C=O) groups is 2. The highest BCUT2D eigenvalue weighted by molar-refractivity contribution is 5.72. The average Bonchev–Trinajstić information content (AvgIpc) is 1.92. The fourth-order valence-corrected chi connectivity index (χ4v) is 1.95. The zero-order valence-electron chi connectivity index (χ0n) is 12.2. The van der Waals surface area contributed by atoms with Gasteiger partial charge in [0.25, 0.3) is 0 Å². The third-order valence-electron chi connectivity index (χ3n) is 2.20. The van der Waals surface area contributed by atoms with Crippen molar-refractivity contribution in [3.8, 4) is 0 Å². The van der Waals surface area contributed by atoms with Gasteiger partial charge in [0.05, 0.1) is 12.0 Å². The highest BCUT2D eigenvalue weighted by atomic mass is 16.6. The second-order valence-corrected chi connectivity index (χ2v) is 6.36. The van der Waals surface area contributed by atoms with Crippen molar-refractivity contribution >= 4 is 12.1 Å². The van der Waals surface area contributed by atoms with Gasteiger partial charge in [0.1, 0.15) is 5.60 Å². The van der Waals surface area contributed by atoms with E-state index >= 15 is 0 Å². The van der Waals surface area contributed by atoms with Gasteiger partial charge in [0, 0.05) is 0 Å². The van der Waals surface area contributed by atoms with Crippen LogP contribution in [0, 0.1) is 5.92 Å². The largest absolute Gasteiger partial charge is 0.481 e. The molecule has 5 heteroatoms. The summed E-state index contributed by atoms with van der Waals surface area (Å²) in [5.41, 5.74) is -1.38. The lowest BCUT2D eigenvalue weighted by atomic mass is 9.88. The molecule has 1 atom stereocenters. The average molecular weight is 259 g/mol. The van der Waals surface area contributed by atoms with E-state index in [1.807, 2.05) is 13.8 Å². The molecule has 0 aliphatic heterocycles. The van der Waals surface area contributed by atoms with E-state index in [1.165, 1.54) is 0 Å². The Labute approximate surface area is 109 Å². The van der Waals surface area contributed by atoms with E-state index < -0.39 is 23.2 Å². The fraction of sp³-hybridized carbons (Fsp3) is 0.846. The summed E-state index contributed by atoms with van der Waals surface area (Å²) in [6.45, 7) is 11.0. The molecule has 0 aromatic heterocycles. The summed E-state index contributed by atoms with van der Waals surface area (Å²) in [6, 6.07) is 0. The molecule has 106 valence electrons. The van der Waals surface area contributed by atoms with Crippen molar-refractivity contribution in [2.45, 2.75) is 65.5 Å². The maximum atomic E-state index is 11.7. The van der Waals surface area contributed by atoms with Gasteiger partial charge in [-0.2, -0.15) is 0 Å². The first-order chi connectivity index (χ1) is 7.93. The van der Waals surface area contributed by atoms with E-state index in [-0.39, 0.29) is 12.3 Å². The molecule has 0 aliphatic rings. The Balaban J connectivity index is 4.68. The van der Waals surface area contributed by atoms with Crippen molar-refractivity contribution in [2.75, 3.05) is 0 Å². The first-order valence-corrected chi connectivity index (χ1v) is 6.16. The van der Waals surface area contributed by atoms with Crippen molar-refractivity contribution in [1.82, 2.24) is 5.32 Å². The number of hydrogen-bond donors (Lipinski definition) is 2. The molecular formula is C13H25NO4. The normalized spacial score (nSPS) is 15.1. The number of ether oxygens (including phenoxy) is 1. The molecule has 0 aromatic carbocycles. The van der Waals surface area contributed by atoms with E-state index in [2.05, 4.69) is 5.32 Å². The number of rotatable bonds is 5. The summed E-state index contributed by atoms with van der Waals surface area (Å²) < 4.78 is 5.15. The van der Waals surface area contributed by atoms with Crippen LogP contribution in [0.25, 0.3) is 0 Å². The van der Waals surface area contributed by atoms with Crippen molar-refractivity contribution in [2.24, 2.45) is 5.92 Å². The molecule has 5 nitrogen and oxygen atoms in total. The first kappa shape index (κ1) is 16.7. The number of alkyl carbamates (subject to hydrolysis) is 1. The van der Waals surface area contributed by atoms with Gasteiger partial charge in [-0.05, 0) is 40.0 Å². The minimum atomic E-state index is -0.936. The second kappa shape index (κ2) is 6.07. The molecule has 0 heterocycles. The Morgan fingerprint density at radius 2 is 1.72 bits per heavy atom. The van der Waals surface area contributed by atoms with Gasteiger partial charge < -0.3 is 15.2 Å². The lowest BCUT2D eigenvalue weighted by Gasteiger charge is -2.32. The molecule has 0 spiro atoms. The quantitative estimate of drug-likeness (QED) is 0.796. The number of aliphatic carboxylic acids is 1. The Morgan fingerprint density at radius 3 is 2.06 bits per heavy atom. The van der Waals surface area contributed by atoms with E-state index in [0.29, 0.717) is 6.42 Å². The Kier molecular flexibility index (Phi) is 5.64. The summed E-state index contributed by atoms with van der Waals surface area (Å²) in [5, 5.41) is 11.6. The van der Waals surface area contributed by atoms with Gasteiger partial charge in [-0.15, -0.1) is 0 Å². The van der Waals surface area contributed by atoms with Gasteiger partial charge in [-0.1, -0.05) is 13.8 Å². The Morgan fingerprint density at radius 1 is 1.22 bits per heavy atom. The summed E-state index contributed by atoms with van der Waals surface area (Å²) in [4.78, 5) is 22.6. The molecule has 1 unspecified atom stereocenters. The molecule has 0 saturated heterocycles. The van der Waals surface area contributed by atoms with Crippen LogP contribution in [0.1, 0.15) is 54.4 Å². The van der Waals surface area contributed by atoms with Crippen LogP contribution in [0.4, 0.5) is 4.79 Å². The highest BCUT2D eigenvalue weighted by Crippen LogP contribution is 2.21. The van der Waals surface area contributed by atoms with Crippen molar-refractivity contribution in [3.63, 3.8) is 0 Å². The van der Waals surface area contributed by atoms with E-state index in [0.717, 1.165) is 0 Å². The number of carboxylic acid groups (broad SMARTS) is 1. The third kappa shape index (κ3) is 7.92. The topological polar surface area (TPSA) is 75.6 Å². The van der Waals surface area contributed by atoms with Crippen LogP contribution in [0.2, 0.25) is 0 Å². The molecule has 0 saturated carbocycles. The lowest BCUT2D eigenvalue weighted by Crippen LogP contribution is -2.49. The van der Waals surface area contributed by atoms with Gasteiger partial charge in [-0.25, -0.2) is 4.79 Å². The smallest absolute Gasteiger partial charge is 0.408 e. The van der Waals surface area contributed by atoms with Gasteiger partial charge >= 0.3 is 12.1 Å². The van der Waals surface area contributed by atoms with Crippen LogP contribution in [0.15, 0.2) is 0 Å². The van der Waals surface area contributed by atoms with E-state index in [1.54, 1.807) is 27.7 Å². The number of nitrogens with one attached hydrogen (secondary N) is 1. The molecule has 0 aromatic rings. The predicted octanol–water partition coefficient (Wildman–Crippen LogP) is 2.79. The van der Waals surface area contributed by atoms with E-state index in [9.17, 15) is 9.59 Å². The second-order valence-electron chi connectivity index (χ2n) is 6.36. The summed E-state index contributed by atoms with van der Waals surface area (Å²) in [7, 11) is 0. The summed E-state index contributed by atoms with van der Waals surface area (Å²) in [6.07, 6.45) is -0.116. The minimum absolute atomic E-state index is 0.121. The zero-order valence-corrected chi connectivity index (χ0v) is 12.2. The number of carbonyl (C=O) groups excluding carboxylic acids is 1. The molecule has 0 fully saturated rings. The van der Waals surface area contributed by atoms with E-state index in [4.69, 9.17) is 9.84 Å². The molecule has 0 radical (unpaired) electrons. The molecule has 1 amide bonds. The van der Waals surface area contributed by atoms with Gasteiger partial charge in [0.2, 0.25) is 0 Å². The van der Waals surface area contributed by atoms with Crippen LogP contribution in [0.3, 0.4) is 0 Å². The van der Waals surface area contributed by atoms with Crippen molar-refractivity contribution < 1.29 is 19.4 Å². The zero-order chi connectivity index (χ0) is 14.6. The molecule has 0 aliphatic carbocycles. The van der Waals surface area contributed by atoms with Crippen molar-refractivity contribution in [1.29, 1.82) is 0 Å². The van der Waals surface area contributed by atoms with Crippen LogP contribution in [0.5, 0.6) is 0 Å². The van der Waals surface area contributed by atoms with Gasteiger partial charge in [0.15, 0.2) is 0 Å². The molecular weight excluding hydrogens is 234 g/mol. The maximum Gasteiger partial charge on any atom is 0.408 e. The number of carboxylic acids is 1. The summed E-state index contributed by atoms with van der Waals surface area (Å²) >= 11 is 0. The maximum absolute atomic E-state index is 11.7. The molecule has 0 rings (SSSR count). The Bertz CT molecular complexity index is 307. The van der Waals surface area contributed by atoms with Crippen LogP contribution < -0.4 is 5.32 Å². The number of amides is 1. The van der Waals surface area contributed by atoms with Crippen LogP contribution in [-0.4, -0.2) is 28.3 Å². The van der Waals surface area contributed by atoms with Crippen LogP contribution in [-0.2, 0) is 9.53 Å². The Hall–Kier alpha value is -1.26. The van der Waals surface area contributed by atoms with Crippen molar-refractivity contribution in [3.05, 3.63) is 0 Å². The molecule has 2 N–H and O–H groups in total. The third-order valence-corrected chi connectivity index (χ3v) is 2.20.